The summed E-state index contributed by atoms with van der Waals surface area (Å²) >= 11 is 0. The van der Waals surface area contributed by atoms with Crippen LogP contribution in [0.4, 0.5) is 0 Å². The Bertz CT molecular complexity index is 2290. The molecule has 0 radical (unpaired) electrons. The second kappa shape index (κ2) is 10.2. The summed E-state index contributed by atoms with van der Waals surface area (Å²) in [5.74, 6) is 0. The molecule has 0 saturated carbocycles. The van der Waals surface area contributed by atoms with Gasteiger partial charge in [-0.15, -0.1) is 0 Å². The maximum atomic E-state index is 2.37. The van der Waals surface area contributed by atoms with Gasteiger partial charge in [-0.3, -0.25) is 0 Å². The van der Waals surface area contributed by atoms with Crippen LogP contribution in [0.1, 0.15) is 5.56 Å². The van der Waals surface area contributed by atoms with E-state index in [4.69, 9.17) is 0 Å². The molecule has 0 aliphatic heterocycles. The fourth-order valence-corrected chi connectivity index (χ4v) is 6.71. The molecule has 0 saturated heterocycles. The van der Waals surface area contributed by atoms with Crippen LogP contribution in [0.2, 0.25) is 0 Å². The summed E-state index contributed by atoms with van der Waals surface area (Å²) in [7, 11) is 2.20. The van der Waals surface area contributed by atoms with Crippen LogP contribution in [0.3, 0.4) is 0 Å². The van der Waals surface area contributed by atoms with Gasteiger partial charge in [0.1, 0.15) is 0 Å². The minimum absolute atomic E-state index is 1.23. The van der Waals surface area contributed by atoms with E-state index in [1.165, 1.54) is 82.6 Å². The Hall–Kier alpha value is -5.40. The second-order valence-electron chi connectivity index (χ2n) is 11.5. The summed E-state index contributed by atoms with van der Waals surface area (Å²) in [6.07, 6.45) is 0. The first-order chi connectivity index (χ1) is 21.2. The van der Waals surface area contributed by atoms with Gasteiger partial charge in [-0.05, 0) is 74.0 Å². The van der Waals surface area contributed by atoms with Crippen LogP contribution < -0.4 is 0 Å². The van der Waals surface area contributed by atoms with Gasteiger partial charge in [-0.25, -0.2) is 0 Å². The molecule has 0 aliphatic rings. The molecule has 8 aromatic rings. The molecule has 0 unspecified atom stereocenters. The predicted octanol–water partition coefficient (Wildman–Crippen LogP) is 11.5. The number of fused-ring (bicyclic) bond motifs is 3. The Morgan fingerprint density at radius 1 is 0.419 bits per heavy atom. The van der Waals surface area contributed by atoms with Crippen molar-refractivity contribution in [1.29, 1.82) is 0 Å². The zero-order valence-electron chi connectivity index (χ0n) is 24.4. The van der Waals surface area contributed by atoms with Gasteiger partial charge in [0.05, 0.1) is 5.69 Å². The maximum Gasteiger partial charge on any atom is 0.0568 e. The van der Waals surface area contributed by atoms with Crippen LogP contribution in [-0.4, -0.2) is 4.57 Å². The van der Waals surface area contributed by atoms with E-state index in [0.29, 0.717) is 0 Å². The van der Waals surface area contributed by atoms with E-state index in [-0.39, 0.29) is 0 Å². The third-order valence-corrected chi connectivity index (χ3v) is 8.88. The lowest BCUT2D eigenvalue weighted by atomic mass is 9.91. The Balaban J connectivity index is 1.33. The lowest BCUT2D eigenvalue weighted by molar-refractivity contribution is 0.979. The Kier molecular flexibility index (Phi) is 5.98. The van der Waals surface area contributed by atoms with E-state index in [1.807, 2.05) is 0 Å². The smallest absolute Gasteiger partial charge is 0.0568 e. The Morgan fingerprint density at radius 3 is 1.72 bits per heavy atom. The molecular formula is C42H31N. The number of benzene rings is 7. The molecule has 0 spiro atoms. The predicted molar refractivity (Wildman–Crippen MR) is 184 cm³/mol. The van der Waals surface area contributed by atoms with Gasteiger partial charge in [0.15, 0.2) is 0 Å². The molecule has 1 aromatic heterocycles. The first-order valence-electron chi connectivity index (χ1n) is 14.9. The third-order valence-electron chi connectivity index (χ3n) is 8.88. The lowest BCUT2D eigenvalue weighted by Gasteiger charge is -2.13. The first-order valence-corrected chi connectivity index (χ1v) is 14.9. The molecule has 0 atom stereocenters. The van der Waals surface area contributed by atoms with Gasteiger partial charge in [0, 0.05) is 23.5 Å². The Labute approximate surface area is 252 Å². The van der Waals surface area contributed by atoms with Crippen molar-refractivity contribution >= 4 is 32.4 Å². The highest BCUT2D eigenvalue weighted by molar-refractivity contribution is 6.09. The largest absolute Gasteiger partial charge is 0.343 e. The molecule has 1 nitrogen and oxygen atoms in total. The van der Waals surface area contributed by atoms with Crippen LogP contribution in [0.15, 0.2) is 152 Å². The fourth-order valence-electron chi connectivity index (χ4n) is 6.71. The van der Waals surface area contributed by atoms with Gasteiger partial charge in [0.2, 0.25) is 0 Å². The van der Waals surface area contributed by atoms with Gasteiger partial charge in [-0.1, -0.05) is 145 Å². The normalized spacial score (nSPS) is 11.5. The van der Waals surface area contributed by atoms with E-state index in [2.05, 4.69) is 170 Å². The fraction of sp³-hybridized carbons (Fsp3) is 0.0476. The highest BCUT2D eigenvalue weighted by atomic mass is 15.0. The van der Waals surface area contributed by atoms with Crippen molar-refractivity contribution in [3.63, 3.8) is 0 Å². The average molecular weight is 550 g/mol. The van der Waals surface area contributed by atoms with E-state index in [0.717, 1.165) is 0 Å². The molecule has 0 N–H and O–H groups in total. The van der Waals surface area contributed by atoms with E-state index < -0.39 is 0 Å². The van der Waals surface area contributed by atoms with Crippen molar-refractivity contribution in [1.82, 2.24) is 4.57 Å². The Morgan fingerprint density at radius 2 is 1.00 bits per heavy atom. The molecular weight excluding hydrogens is 518 g/mol. The SMILES string of the molecule is Cc1ccc(-c2c(-c3ccccc3)n(C)c3cc(-c4ccc(-c5ccc6ccccc6c5)c5ccccc45)ccc23)cc1. The van der Waals surface area contributed by atoms with Crippen molar-refractivity contribution in [2.45, 2.75) is 6.92 Å². The van der Waals surface area contributed by atoms with Gasteiger partial charge in [0.25, 0.3) is 0 Å². The molecule has 1 heteroatoms. The minimum Gasteiger partial charge on any atom is -0.343 e. The van der Waals surface area contributed by atoms with E-state index >= 15 is 0 Å². The zero-order valence-corrected chi connectivity index (χ0v) is 24.4. The van der Waals surface area contributed by atoms with Crippen LogP contribution >= 0.6 is 0 Å². The molecule has 7 aromatic carbocycles. The highest BCUT2D eigenvalue weighted by Gasteiger charge is 2.19. The van der Waals surface area contributed by atoms with Crippen molar-refractivity contribution in [3.05, 3.63) is 157 Å². The van der Waals surface area contributed by atoms with Crippen molar-refractivity contribution < 1.29 is 0 Å². The topological polar surface area (TPSA) is 4.93 Å². The number of aromatic nitrogens is 1. The molecule has 43 heavy (non-hydrogen) atoms. The summed E-state index contributed by atoms with van der Waals surface area (Å²) in [5.41, 5.74) is 12.5. The molecule has 0 fully saturated rings. The number of aryl methyl sites for hydroxylation is 2. The van der Waals surface area contributed by atoms with E-state index in [1.54, 1.807) is 0 Å². The first kappa shape index (κ1) is 25.3. The summed E-state index contributed by atoms with van der Waals surface area (Å²) in [5, 5.41) is 6.34. The lowest BCUT2D eigenvalue weighted by Crippen LogP contribution is -1.93. The van der Waals surface area contributed by atoms with Crippen LogP contribution in [0.25, 0.3) is 77.1 Å². The molecule has 0 aliphatic carbocycles. The monoisotopic (exact) mass is 549 g/mol. The van der Waals surface area contributed by atoms with Gasteiger partial charge < -0.3 is 4.57 Å². The molecule has 0 bridgehead atoms. The summed E-state index contributed by atoms with van der Waals surface area (Å²) in [4.78, 5) is 0. The number of nitrogens with zero attached hydrogens (tertiary/aromatic N) is 1. The van der Waals surface area contributed by atoms with Gasteiger partial charge in [-0.2, -0.15) is 0 Å². The highest BCUT2D eigenvalue weighted by Crippen LogP contribution is 2.43. The summed E-state index contributed by atoms with van der Waals surface area (Å²) < 4.78 is 2.37. The quantitative estimate of drug-likeness (QED) is 0.206. The van der Waals surface area contributed by atoms with Crippen molar-refractivity contribution in [2.24, 2.45) is 7.05 Å². The maximum absolute atomic E-state index is 2.37. The van der Waals surface area contributed by atoms with Crippen LogP contribution in [-0.2, 0) is 7.05 Å². The molecule has 8 rings (SSSR count). The van der Waals surface area contributed by atoms with Crippen LogP contribution in [0.5, 0.6) is 0 Å². The number of rotatable bonds is 4. The van der Waals surface area contributed by atoms with Crippen LogP contribution in [0, 0.1) is 6.92 Å². The zero-order chi connectivity index (χ0) is 28.9. The summed E-state index contributed by atoms with van der Waals surface area (Å²) in [6, 6.07) is 55.5. The summed E-state index contributed by atoms with van der Waals surface area (Å²) in [6.45, 7) is 2.15. The van der Waals surface area contributed by atoms with Crippen molar-refractivity contribution in [2.75, 3.05) is 0 Å². The number of hydrogen-bond donors (Lipinski definition) is 0. The van der Waals surface area contributed by atoms with Crippen molar-refractivity contribution in [3.8, 4) is 44.6 Å². The molecule has 0 amide bonds. The standard InChI is InChI=1S/C42H31N/c1-28-16-18-30(19-17-28)41-39-23-22-34(27-40(39)43(2)42(41)31-11-4-3-5-12-31)36-25-24-35(37-14-8-9-15-38(36)37)33-21-20-29-10-6-7-13-32(29)26-33/h3-27H,1-2H3. The van der Waals surface area contributed by atoms with Gasteiger partial charge >= 0.3 is 0 Å². The van der Waals surface area contributed by atoms with E-state index in [9.17, 15) is 0 Å². The second-order valence-corrected chi connectivity index (χ2v) is 11.5. The number of hydrogen-bond acceptors (Lipinski definition) is 0. The minimum atomic E-state index is 1.23. The molecule has 204 valence electrons. The third kappa shape index (κ3) is 4.24. The average Bonchev–Trinajstić information content (AvgIpc) is 3.36. The molecule has 1 heterocycles.